The molecule has 4 N–H and O–H groups in total. The largest absolute Gasteiger partial charge is 0.481 e. The van der Waals surface area contributed by atoms with Gasteiger partial charge in [0.15, 0.2) is 5.60 Å². The summed E-state index contributed by atoms with van der Waals surface area (Å²) >= 11 is 0. The Morgan fingerprint density at radius 3 is 2.25 bits per heavy atom. The average molecular weight is 505 g/mol. The maximum atomic E-state index is 13.9. The predicted molar refractivity (Wildman–Crippen MR) is 123 cm³/mol. The summed E-state index contributed by atoms with van der Waals surface area (Å²) in [6.07, 6.45) is 5.89. The molecule has 0 bridgehead atoms. The Balaban J connectivity index is 0.000000302. The Morgan fingerprint density at radius 2 is 1.72 bits per heavy atom. The summed E-state index contributed by atoms with van der Waals surface area (Å²) in [5.41, 5.74) is -2.03. The van der Waals surface area contributed by atoms with Gasteiger partial charge in [-0.3, -0.25) is 14.5 Å². The molecule has 2 heterocycles. The molecule has 11 nitrogen and oxygen atoms in total. The van der Waals surface area contributed by atoms with Crippen molar-refractivity contribution in [2.24, 2.45) is 0 Å². The normalized spacial score (nSPS) is 11.1. The lowest BCUT2D eigenvalue weighted by atomic mass is 9.96. The van der Waals surface area contributed by atoms with Gasteiger partial charge in [-0.2, -0.15) is 0 Å². The van der Waals surface area contributed by atoms with Gasteiger partial charge in [-0.25, -0.2) is 14.2 Å². The first-order valence-electron chi connectivity index (χ1n) is 10.9. The third kappa shape index (κ3) is 9.68. The van der Waals surface area contributed by atoms with Crippen LogP contribution in [0.5, 0.6) is 0 Å². The molecule has 12 heteroatoms. The Morgan fingerprint density at radius 1 is 1.03 bits per heavy atom. The summed E-state index contributed by atoms with van der Waals surface area (Å²) in [6, 6.07) is 10.8. The molecule has 3 aromatic rings. The Bertz CT molecular complexity index is 1090. The lowest BCUT2D eigenvalue weighted by Crippen LogP contribution is -2.42. The molecule has 0 amide bonds. The minimum absolute atomic E-state index is 0.161. The molecule has 0 saturated heterocycles. The molecular formula is C24H28FN3O8. The Hall–Kier alpha value is -4.03. The van der Waals surface area contributed by atoms with Crippen LogP contribution in [0.25, 0.3) is 0 Å². The fourth-order valence-electron chi connectivity index (χ4n) is 3.31. The number of aliphatic hydroxyl groups is 1. The van der Waals surface area contributed by atoms with E-state index >= 15 is 0 Å². The van der Waals surface area contributed by atoms with E-state index in [1.807, 2.05) is 41.4 Å². The van der Waals surface area contributed by atoms with Crippen LogP contribution < -0.4 is 0 Å². The van der Waals surface area contributed by atoms with E-state index in [0.29, 0.717) is 18.7 Å². The number of aromatic nitrogens is 2. The van der Waals surface area contributed by atoms with E-state index < -0.39 is 36.4 Å². The fraction of sp³-hybridized carbons (Fsp3) is 0.333. The van der Waals surface area contributed by atoms with Crippen LogP contribution in [0.15, 0.2) is 65.8 Å². The van der Waals surface area contributed by atoms with Crippen molar-refractivity contribution in [2.45, 2.75) is 44.5 Å². The van der Waals surface area contributed by atoms with Crippen molar-refractivity contribution in [1.82, 2.24) is 14.5 Å². The molecule has 194 valence electrons. The van der Waals surface area contributed by atoms with Gasteiger partial charge in [-0.1, -0.05) is 18.2 Å². The number of hydrogen-bond acceptors (Lipinski definition) is 7. The number of halogens is 1. The summed E-state index contributed by atoms with van der Waals surface area (Å²) in [5.74, 6) is -4.29. The molecule has 0 aliphatic heterocycles. The zero-order valence-corrected chi connectivity index (χ0v) is 19.4. The molecule has 0 spiro atoms. The van der Waals surface area contributed by atoms with E-state index in [4.69, 9.17) is 24.8 Å². The second kappa shape index (κ2) is 13.8. The molecule has 0 saturated carbocycles. The van der Waals surface area contributed by atoms with Crippen LogP contribution in [-0.4, -0.2) is 64.9 Å². The minimum atomic E-state index is -2.74. The fourth-order valence-corrected chi connectivity index (χ4v) is 3.31. The number of nitrogens with zero attached hydrogens (tertiary/aromatic N) is 3. The lowest BCUT2D eigenvalue weighted by Gasteiger charge is -2.21. The number of imidazole rings is 1. The maximum absolute atomic E-state index is 13.9. The number of carbonyl (C=O) groups is 3. The summed E-state index contributed by atoms with van der Waals surface area (Å²) in [4.78, 5) is 36.7. The van der Waals surface area contributed by atoms with Gasteiger partial charge in [0, 0.05) is 37.6 Å². The molecule has 0 radical (unpaired) electrons. The third-order valence-electron chi connectivity index (χ3n) is 5.05. The van der Waals surface area contributed by atoms with Crippen molar-refractivity contribution < 1.29 is 43.6 Å². The first-order chi connectivity index (χ1) is 17.1. The summed E-state index contributed by atoms with van der Waals surface area (Å²) in [7, 11) is 0. The highest BCUT2D eigenvalue weighted by Crippen LogP contribution is 2.16. The van der Waals surface area contributed by atoms with E-state index in [1.165, 1.54) is 6.07 Å². The van der Waals surface area contributed by atoms with Crippen molar-refractivity contribution in [3.63, 3.8) is 0 Å². The van der Waals surface area contributed by atoms with Gasteiger partial charge in [-0.15, -0.1) is 0 Å². The number of hydrogen-bond donors (Lipinski definition) is 4. The third-order valence-corrected chi connectivity index (χ3v) is 5.05. The van der Waals surface area contributed by atoms with E-state index in [2.05, 4.69) is 9.88 Å². The van der Waals surface area contributed by atoms with Gasteiger partial charge in [0.2, 0.25) is 0 Å². The molecule has 3 rings (SSSR count). The average Bonchev–Trinajstić information content (AvgIpc) is 3.49. The van der Waals surface area contributed by atoms with Crippen LogP contribution in [0.1, 0.15) is 30.6 Å². The first kappa shape index (κ1) is 28.2. The number of aryl methyl sites for hydroxylation is 1. The zero-order valence-electron chi connectivity index (χ0n) is 19.4. The number of carboxylic acid groups (broad SMARTS) is 3. The second-order valence-electron chi connectivity index (χ2n) is 8.01. The summed E-state index contributed by atoms with van der Waals surface area (Å²) < 4.78 is 21.4. The van der Waals surface area contributed by atoms with Gasteiger partial charge in [-0.05, 0) is 24.6 Å². The van der Waals surface area contributed by atoms with E-state index in [1.54, 1.807) is 18.5 Å². The molecule has 0 aliphatic rings. The quantitative estimate of drug-likeness (QED) is 0.271. The number of rotatable bonds is 13. The van der Waals surface area contributed by atoms with Gasteiger partial charge in [0.1, 0.15) is 11.6 Å². The highest BCUT2D eigenvalue weighted by Gasteiger charge is 2.40. The zero-order chi connectivity index (χ0) is 26.6. The predicted octanol–water partition coefficient (Wildman–Crippen LogP) is 2.46. The monoisotopic (exact) mass is 505 g/mol. The minimum Gasteiger partial charge on any atom is -0.481 e. The topological polar surface area (TPSA) is 166 Å². The Kier molecular flexibility index (Phi) is 10.8. The molecule has 0 atom stereocenters. The van der Waals surface area contributed by atoms with Crippen molar-refractivity contribution in [3.8, 4) is 0 Å². The van der Waals surface area contributed by atoms with Crippen molar-refractivity contribution in [1.29, 1.82) is 0 Å². The molecule has 0 fully saturated rings. The molecule has 36 heavy (non-hydrogen) atoms. The molecule has 0 aliphatic carbocycles. The smallest absolute Gasteiger partial charge is 0.336 e. The van der Waals surface area contributed by atoms with Crippen molar-refractivity contribution in [2.75, 3.05) is 6.54 Å². The number of carboxylic acids is 3. The molecule has 2 aromatic heterocycles. The van der Waals surface area contributed by atoms with Crippen molar-refractivity contribution in [3.05, 3.63) is 78.5 Å². The van der Waals surface area contributed by atoms with Crippen LogP contribution >= 0.6 is 0 Å². The summed E-state index contributed by atoms with van der Waals surface area (Å²) in [5, 5.41) is 33.8. The highest BCUT2D eigenvalue weighted by molar-refractivity contribution is 5.88. The number of furan rings is 1. The van der Waals surface area contributed by atoms with E-state index in [9.17, 15) is 18.8 Å². The molecule has 1 aromatic carbocycles. The van der Waals surface area contributed by atoms with E-state index in [0.717, 1.165) is 25.3 Å². The van der Waals surface area contributed by atoms with Crippen LogP contribution in [0.3, 0.4) is 0 Å². The van der Waals surface area contributed by atoms with Gasteiger partial charge < -0.3 is 29.4 Å². The van der Waals surface area contributed by atoms with Gasteiger partial charge in [0.05, 0.1) is 32.0 Å². The van der Waals surface area contributed by atoms with Crippen molar-refractivity contribution >= 4 is 17.9 Å². The lowest BCUT2D eigenvalue weighted by molar-refractivity contribution is -0.170. The van der Waals surface area contributed by atoms with Crippen LogP contribution in [0, 0.1) is 5.82 Å². The highest BCUT2D eigenvalue weighted by atomic mass is 19.1. The molecule has 0 unspecified atom stereocenters. The van der Waals surface area contributed by atoms with Crippen LogP contribution in [0.2, 0.25) is 0 Å². The number of aliphatic carboxylic acids is 3. The van der Waals surface area contributed by atoms with Crippen LogP contribution in [0.4, 0.5) is 4.39 Å². The number of benzene rings is 1. The molecular weight excluding hydrogens is 477 g/mol. The SMILES string of the molecule is Fc1ccccc1CN(CCCn1ccnc1)Cc1ccco1.O=C(O)CC(O)(CC(=O)O)C(=O)O. The Labute approximate surface area is 206 Å². The second-order valence-corrected chi connectivity index (χ2v) is 8.01. The maximum Gasteiger partial charge on any atom is 0.336 e. The standard InChI is InChI=1S/C18H20FN3O.C6H8O7/c19-18-7-2-1-5-16(18)13-22(14-17-6-3-12-23-17)10-4-9-21-11-8-20-15-21;7-3(8)1-6(13,5(11)12)2-4(9)10/h1-3,5-8,11-12,15H,4,9-10,13-14H2;13H,1-2H2,(H,7,8)(H,9,10)(H,11,12). The summed E-state index contributed by atoms with van der Waals surface area (Å²) in [6.45, 7) is 2.99. The van der Waals surface area contributed by atoms with Gasteiger partial charge >= 0.3 is 17.9 Å². The first-order valence-corrected chi connectivity index (χ1v) is 10.9. The van der Waals surface area contributed by atoms with Gasteiger partial charge in [0.25, 0.3) is 0 Å². The van der Waals surface area contributed by atoms with E-state index in [-0.39, 0.29) is 5.82 Å². The van der Waals surface area contributed by atoms with Crippen LogP contribution in [-0.2, 0) is 34.0 Å².